The van der Waals surface area contributed by atoms with E-state index in [1.807, 2.05) is 0 Å². The van der Waals surface area contributed by atoms with Crippen LogP contribution in [0.3, 0.4) is 0 Å². The fraction of sp³-hybridized carbons (Fsp3) is 0.538. The number of piperazine rings is 1. The maximum Gasteiger partial charge on any atom is 0.0234 e. The second-order valence-corrected chi connectivity index (χ2v) is 4.57. The first kappa shape index (κ1) is 10.7. The number of rotatable bonds is 2. The Hall–Kier alpha value is -0.860. The number of likely N-dealkylation sites (N-methyl/N-ethyl adjacent to an activating group) is 1. The first-order valence-corrected chi connectivity index (χ1v) is 5.70. The maximum absolute atomic E-state index is 2.54. The van der Waals surface area contributed by atoms with Crippen LogP contribution in [-0.2, 0) is 6.54 Å². The lowest BCUT2D eigenvalue weighted by Crippen LogP contribution is -2.43. The molecule has 0 bridgehead atoms. The molecule has 0 atom stereocenters. The average Bonchev–Trinajstić information content (AvgIpc) is 2.22. The van der Waals surface area contributed by atoms with E-state index in [1.54, 1.807) is 0 Å². The normalized spacial score (nSPS) is 19.3. The highest BCUT2D eigenvalue weighted by atomic mass is 15.2. The van der Waals surface area contributed by atoms with Gasteiger partial charge in [-0.3, -0.25) is 4.90 Å². The zero-order chi connectivity index (χ0) is 10.7. The van der Waals surface area contributed by atoms with Gasteiger partial charge in [0.2, 0.25) is 0 Å². The fourth-order valence-corrected chi connectivity index (χ4v) is 2.07. The largest absolute Gasteiger partial charge is 0.304 e. The van der Waals surface area contributed by atoms with Crippen molar-refractivity contribution in [2.24, 2.45) is 0 Å². The van der Waals surface area contributed by atoms with Crippen molar-refractivity contribution in [3.63, 3.8) is 0 Å². The first-order chi connectivity index (χ1) is 7.24. The third-order valence-corrected chi connectivity index (χ3v) is 3.08. The molecule has 0 aromatic heterocycles. The van der Waals surface area contributed by atoms with Gasteiger partial charge in [-0.05, 0) is 19.5 Å². The van der Waals surface area contributed by atoms with Crippen LogP contribution in [-0.4, -0.2) is 43.0 Å². The molecule has 0 aliphatic carbocycles. The van der Waals surface area contributed by atoms with Crippen LogP contribution < -0.4 is 0 Å². The monoisotopic (exact) mass is 204 g/mol. The predicted octanol–water partition coefficient (Wildman–Crippen LogP) is 1.74. The van der Waals surface area contributed by atoms with Gasteiger partial charge in [0, 0.05) is 32.7 Å². The highest BCUT2D eigenvalue weighted by molar-refractivity contribution is 5.22. The summed E-state index contributed by atoms with van der Waals surface area (Å²) in [5.74, 6) is 0. The standard InChI is InChI=1S/C13H20N2/c1-12-4-3-5-13(10-12)11-15-8-6-14(2)7-9-15/h3-5,10H,6-9,11H2,1-2H3. The maximum atomic E-state index is 2.54. The minimum atomic E-state index is 1.11. The molecule has 0 amide bonds. The van der Waals surface area contributed by atoms with Gasteiger partial charge in [-0.25, -0.2) is 0 Å². The van der Waals surface area contributed by atoms with Gasteiger partial charge in [-0.2, -0.15) is 0 Å². The first-order valence-electron chi connectivity index (χ1n) is 5.70. The number of hydrogen-bond acceptors (Lipinski definition) is 2. The molecular formula is C13H20N2. The molecule has 1 heterocycles. The molecular weight excluding hydrogens is 184 g/mol. The molecule has 0 saturated carbocycles. The van der Waals surface area contributed by atoms with E-state index in [1.165, 1.54) is 37.3 Å². The minimum Gasteiger partial charge on any atom is -0.304 e. The van der Waals surface area contributed by atoms with E-state index in [0.717, 1.165) is 6.54 Å². The van der Waals surface area contributed by atoms with Crippen LogP contribution in [0.5, 0.6) is 0 Å². The van der Waals surface area contributed by atoms with Crippen LogP contribution in [0.25, 0.3) is 0 Å². The summed E-state index contributed by atoms with van der Waals surface area (Å²) < 4.78 is 0. The van der Waals surface area contributed by atoms with E-state index >= 15 is 0 Å². The van der Waals surface area contributed by atoms with Gasteiger partial charge >= 0.3 is 0 Å². The van der Waals surface area contributed by atoms with Gasteiger partial charge in [0.1, 0.15) is 0 Å². The number of benzene rings is 1. The van der Waals surface area contributed by atoms with E-state index in [4.69, 9.17) is 0 Å². The summed E-state index contributed by atoms with van der Waals surface area (Å²) in [4.78, 5) is 4.93. The predicted molar refractivity (Wildman–Crippen MR) is 64.0 cm³/mol. The lowest BCUT2D eigenvalue weighted by molar-refractivity contribution is 0.148. The molecule has 1 aliphatic heterocycles. The van der Waals surface area contributed by atoms with Crippen LogP contribution in [0.1, 0.15) is 11.1 Å². The Balaban J connectivity index is 1.92. The Morgan fingerprint density at radius 2 is 1.87 bits per heavy atom. The molecule has 1 saturated heterocycles. The zero-order valence-electron chi connectivity index (χ0n) is 9.74. The highest BCUT2D eigenvalue weighted by Gasteiger charge is 2.13. The molecule has 82 valence electrons. The van der Waals surface area contributed by atoms with Crippen molar-refractivity contribution in [1.29, 1.82) is 0 Å². The molecule has 0 spiro atoms. The molecule has 1 aliphatic rings. The summed E-state index contributed by atoms with van der Waals surface area (Å²) >= 11 is 0. The van der Waals surface area contributed by atoms with Crippen molar-refractivity contribution >= 4 is 0 Å². The summed E-state index contributed by atoms with van der Waals surface area (Å²) in [6, 6.07) is 8.83. The topological polar surface area (TPSA) is 6.48 Å². The summed E-state index contributed by atoms with van der Waals surface area (Å²) in [5, 5.41) is 0. The van der Waals surface area contributed by atoms with Crippen LogP contribution in [0.4, 0.5) is 0 Å². The molecule has 2 heteroatoms. The quantitative estimate of drug-likeness (QED) is 0.724. The van der Waals surface area contributed by atoms with Gasteiger partial charge in [-0.1, -0.05) is 29.8 Å². The molecule has 1 fully saturated rings. The van der Waals surface area contributed by atoms with Gasteiger partial charge in [0.05, 0.1) is 0 Å². The van der Waals surface area contributed by atoms with E-state index < -0.39 is 0 Å². The number of hydrogen-bond donors (Lipinski definition) is 0. The lowest BCUT2D eigenvalue weighted by atomic mass is 10.1. The van der Waals surface area contributed by atoms with Gasteiger partial charge in [0.25, 0.3) is 0 Å². The van der Waals surface area contributed by atoms with Crippen molar-refractivity contribution in [2.45, 2.75) is 13.5 Å². The zero-order valence-corrected chi connectivity index (χ0v) is 9.74. The Morgan fingerprint density at radius 1 is 1.13 bits per heavy atom. The van der Waals surface area contributed by atoms with Crippen molar-refractivity contribution in [3.05, 3.63) is 35.4 Å². The fourth-order valence-electron chi connectivity index (χ4n) is 2.07. The Bertz CT molecular complexity index is 314. The molecule has 0 unspecified atom stereocenters. The second-order valence-electron chi connectivity index (χ2n) is 4.57. The summed E-state index contributed by atoms with van der Waals surface area (Å²) in [6.07, 6.45) is 0. The Labute approximate surface area is 92.5 Å². The molecule has 0 radical (unpaired) electrons. The molecule has 1 aromatic rings. The number of nitrogens with zero attached hydrogens (tertiary/aromatic N) is 2. The Kier molecular flexibility index (Phi) is 3.39. The van der Waals surface area contributed by atoms with Crippen molar-refractivity contribution in [1.82, 2.24) is 9.80 Å². The Morgan fingerprint density at radius 3 is 2.53 bits per heavy atom. The van der Waals surface area contributed by atoms with Crippen LogP contribution in [0.15, 0.2) is 24.3 Å². The summed E-state index contributed by atoms with van der Waals surface area (Å²) in [5.41, 5.74) is 2.81. The van der Waals surface area contributed by atoms with Crippen LogP contribution >= 0.6 is 0 Å². The third kappa shape index (κ3) is 3.05. The molecule has 0 N–H and O–H groups in total. The van der Waals surface area contributed by atoms with Gasteiger partial charge in [0.15, 0.2) is 0 Å². The van der Waals surface area contributed by atoms with E-state index in [2.05, 4.69) is 48.0 Å². The SMILES string of the molecule is Cc1cccc(CN2CCN(C)CC2)c1. The van der Waals surface area contributed by atoms with Crippen LogP contribution in [0, 0.1) is 6.92 Å². The smallest absolute Gasteiger partial charge is 0.0234 e. The summed E-state index contributed by atoms with van der Waals surface area (Å²) in [7, 11) is 2.20. The molecule has 15 heavy (non-hydrogen) atoms. The van der Waals surface area contributed by atoms with E-state index in [0.29, 0.717) is 0 Å². The average molecular weight is 204 g/mol. The molecule has 2 rings (SSSR count). The summed E-state index contributed by atoms with van der Waals surface area (Å²) in [6.45, 7) is 8.06. The minimum absolute atomic E-state index is 1.11. The molecule has 1 aromatic carbocycles. The van der Waals surface area contributed by atoms with Crippen molar-refractivity contribution in [3.8, 4) is 0 Å². The van der Waals surface area contributed by atoms with E-state index in [9.17, 15) is 0 Å². The highest BCUT2D eigenvalue weighted by Crippen LogP contribution is 2.09. The third-order valence-electron chi connectivity index (χ3n) is 3.08. The van der Waals surface area contributed by atoms with Crippen molar-refractivity contribution < 1.29 is 0 Å². The van der Waals surface area contributed by atoms with Crippen molar-refractivity contribution in [2.75, 3.05) is 33.2 Å². The van der Waals surface area contributed by atoms with E-state index in [-0.39, 0.29) is 0 Å². The van der Waals surface area contributed by atoms with Gasteiger partial charge < -0.3 is 4.90 Å². The van der Waals surface area contributed by atoms with Gasteiger partial charge in [-0.15, -0.1) is 0 Å². The van der Waals surface area contributed by atoms with Crippen LogP contribution in [0.2, 0.25) is 0 Å². The number of aryl methyl sites for hydroxylation is 1. The molecule has 2 nitrogen and oxygen atoms in total. The second kappa shape index (κ2) is 4.77. The lowest BCUT2D eigenvalue weighted by Gasteiger charge is -2.32.